The number of halogens is 1. The van der Waals surface area contributed by atoms with E-state index >= 15 is 0 Å². The molecule has 2 aromatic rings. The Morgan fingerprint density at radius 3 is 2.95 bits per heavy atom. The van der Waals surface area contributed by atoms with Crippen LogP contribution < -0.4 is 10.4 Å². The van der Waals surface area contributed by atoms with Crippen LogP contribution in [0.15, 0.2) is 40.1 Å². The van der Waals surface area contributed by atoms with E-state index in [1.165, 1.54) is 6.07 Å². The molecule has 1 aromatic heterocycles. The molecule has 0 fully saturated rings. The van der Waals surface area contributed by atoms with E-state index < -0.39 is 11.4 Å². The van der Waals surface area contributed by atoms with Gasteiger partial charge >= 0.3 is 5.63 Å². The molecule has 0 N–H and O–H groups in total. The van der Waals surface area contributed by atoms with Crippen molar-refractivity contribution in [1.82, 2.24) is 0 Å². The van der Waals surface area contributed by atoms with E-state index in [0.29, 0.717) is 30.6 Å². The average molecular weight is 262 g/mol. The topological polar surface area (TPSA) is 39.4 Å². The van der Waals surface area contributed by atoms with Crippen LogP contribution in [0.5, 0.6) is 5.75 Å². The lowest BCUT2D eigenvalue weighted by Crippen LogP contribution is -2.06. The summed E-state index contributed by atoms with van der Waals surface area (Å²) in [6.07, 6.45) is 2.88. The fraction of sp³-hybridized carbons (Fsp3) is 0.267. The molecule has 19 heavy (non-hydrogen) atoms. The maximum atomic E-state index is 14.2. The Morgan fingerprint density at radius 2 is 2.26 bits per heavy atom. The zero-order chi connectivity index (χ0) is 13.8. The zero-order valence-corrected chi connectivity index (χ0v) is 10.7. The Balaban J connectivity index is 2.49. The van der Waals surface area contributed by atoms with Crippen LogP contribution in [-0.4, -0.2) is 6.61 Å². The Morgan fingerprint density at radius 1 is 1.47 bits per heavy atom. The van der Waals surface area contributed by atoms with Crippen LogP contribution in [-0.2, 0) is 6.42 Å². The van der Waals surface area contributed by atoms with Crippen molar-refractivity contribution in [3.63, 3.8) is 0 Å². The number of aryl methyl sites for hydroxylation is 1. The first-order valence-electron chi connectivity index (χ1n) is 6.16. The van der Waals surface area contributed by atoms with Gasteiger partial charge in [-0.3, -0.25) is 0 Å². The van der Waals surface area contributed by atoms with Gasteiger partial charge in [0.1, 0.15) is 11.1 Å². The summed E-state index contributed by atoms with van der Waals surface area (Å²) < 4.78 is 24.5. The summed E-state index contributed by atoms with van der Waals surface area (Å²) in [5.41, 5.74) is -0.666. The van der Waals surface area contributed by atoms with Crippen LogP contribution in [0.25, 0.3) is 10.8 Å². The number of benzene rings is 1. The van der Waals surface area contributed by atoms with Crippen molar-refractivity contribution >= 4 is 10.8 Å². The summed E-state index contributed by atoms with van der Waals surface area (Å²) in [4.78, 5) is 11.8. The number of ether oxygens (including phenoxy) is 1. The minimum Gasteiger partial charge on any atom is -0.490 e. The molecule has 0 radical (unpaired) electrons. The van der Waals surface area contributed by atoms with Crippen molar-refractivity contribution in [3.8, 4) is 5.75 Å². The lowest BCUT2D eigenvalue weighted by Gasteiger charge is -2.08. The van der Waals surface area contributed by atoms with Crippen LogP contribution in [0.3, 0.4) is 0 Å². The first-order chi connectivity index (χ1) is 9.17. The summed E-state index contributed by atoms with van der Waals surface area (Å²) in [7, 11) is 0. The molecule has 100 valence electrons. The van der Waals surface area contributed by atoms with E-state index in [1.807, 2.05) is 6.92 Å². The van der Waals surface area contributed by atoms with Gasteiger partial charge in [0.25, 0.3) is 0 Å². The SMILES string of the molecule is C=CCCOc1ccc2cc(CC)oc(=O)c2c1F. The van der Waals surface area contributed by atoms with Crippen molar-refractivity contribution in [2.45, 2.75) is 19.8 Å². The van der Waals surface area contributed by atoms with E-state index in [9.17, 15) is 9.18 Å². The van der Waals surface area contributed by atoms with Crippen LogP contribution in [0.2, 0.25) is 0 Å². The molecule has 0 atom stereocenters. The maximum absolute atomic E-state index is 14.2. The van der Waals surface area contributed by atoms with Crippen LogP contribution in [0.1, 0.15) is 19.1 Å². The number of hydrogen-bond acceptors (Lipinski definition) is 3. The lowest BCUT2D eigenvalue weighted by atomic mass is 10.1. The van der Waals surface area contributed by atoms with Crippen molar-refractivity contribution in [2.24, 2.45) is 0 Å². The fourth-order valence-corrected chi connectivity index (χ4v) is 1.81. The second-order valence-corrected chi connectivity index (χ2v) is 4.12. The molecular weight excluding hydrogens is 247 g/mol. The molecule has 0 spiro atoms. The first kappa shape index (κ1) is 13.3. The van der Waals surface area contributed by atoms with Gasteiger partial charge in [0.05, 0.1) is 6.61 Å². The number of fused-ring (bicyclic) bond motifs is 1. The highest BCUT2D eigenvalue weighted by atomic mass is 19.1. The Kier molecular flexibility index (Phi) is 4.00. The van der Waals surface area contributed by atoms with Gasteiger partial charge in [0.15, 0.2) is 11.6 Å². The standard InChI is InChI=1S/C15H15FO3/c1-3-5-8-18-12-7-6-10-9-11(4-2)19-15(17)13(10)14(12)16/h3,6-7,9H,1,4-5,8H2,2H3. The zero-order valence-electron chi connectivity index (χ0n) is 10.7. The van der Waals surface area contributed by atoms with E-state index in [1.54, 1.807) is 18.2 Å². The summed E-state index contributed by atoms with van der Waals surface area (Å²) in [5.74, 6) is -0.0684. The minimum atomic E-state index is -0.669. The second kappa shape index (κ2) is 5.69. The molecule has 0 aliphatic heterocycles. The Bertz CT molecular complexity index is 658. The number of rotatable bonds is 5. The predicted molar refractivity (Wildman–Crippen MR) is 72.1 cm³/mol. The van der Waals surface area contributed by atoms with E-state index in [0.717, 1.165) is 0 Å². The molecule has 0 aliphatic rings. The molecule has 0 aliphatic carbocycles. The van der Waals surface area contributed by atoms with Crippen molar-refractivity contribution < 1.29 is 13.5 Å². The largest absolute Gasteiger partial charge is 0.490 e. The third kappa shape index (κ3) is 2.67. The molecule has 2 rings (SSSR count). The summed E-state index contributed by atoms with van der Waals surface area (Å²) in [6.45, 7) is 5.75. The smallest absolute Gasteiger partial charge is 0.346 e. The lowest BCUT2D eigenvalue weighted by molar-refractivity contribution is 0.309. The third-order valence-corrected chi connectivity index (χ3v) is 2.81. The normalized spacial score (nSPS) is 10.6. The molecule has 4 heteroatoms. The van der Waals surface area contributed by atoms with Gasteiger partial charge in [-0.25, -0.2) is 9.18 Å². The highest BCUT2D eigenvalue weighted by Crippen LogP contribution is 2.25. The van der Waals surface area contributed by atoms with E-state index in [2.05, 4.69) is 6.58 Å². The monoisotopic (exact) mass is 262 g/mol. The van der Waals surface area contributed by atoms with Gasteiger partial charge in [0.2, 0.25) is 0 Å². The average Bonchev–Trinajstić information content (AvgIpc) is 2.41. The highest BCUT2D eigenvalue weighted by molar-refractivity contribution is 5.83. The fourth-order valence-electron chi connectivity index (χ4n) is 1.81. The molecule has 0 saturated heterocycles. The van der Waals surface area contributed by atoms with Crippen LogP contribution >= 0.6 is 0 Å². The van der Waals surface area contributed by atoms with Gasteiger partial charge in [-0.15, -0.1) is 6.58 Å². The molecule has 0 unspecified atom stereocenters. The molecule has 1 heterocycles. The van der Waals surface area contributed by atoms with Gasteiger partial charge < -0.3 is 9.15 Å². The molecular formula is C15H15FO3. The Hall–Kier alpha value is -2.10. The van der Waals surface area contributed by atoms with Crippen LogP contribution in [0.4, 0.5) is 4.39 Å². The van der Waals surface area contributed by atoms with E-state index in [-0.39, 0.29) is 11.1 Å². The minimum absolute atomic E-state index is 0.0610. The summed E-state index contributed by atoms with van der Waals surface area (Å²) in [6, 6.07) is 4.87. The third-order valence-electron chi connectivity index (χ3n) is 2.81. The predicted octanol–water partition coefficient (Wildman–Crippen LogP) is 3.45. The maximum Gasteiger partial charge on any atom is 0.346 e. The summed E-state index contributed by atoms with van der Waals surface area (Å²) in [5, 5.41) is 0.468. The van der Waals surface area contributed by atoms with Gasteiger partial charge in [-0.2, -0.15) is 0 Å². The summed E-state index contributed by atoms with van der Waals surface area (Å²) >= 11 is 0. The second-order valence-electron chi connectivity index (χ2n) is 4.12. The quantitative estimate of drug-likeness (QED) is 0.612. The van der Waals surface area contributed by atoms with Gasteiger partial charge in [0, 0.05) is 6.42 Å². The first-order valence-corrected chi connectivity index (χ1v) is 6.16. The van der Waals surface area contributed by atoms with Crippen molar-refractivity contribution in [3.05, 3.63) is 52.9 Å². The number of hydrogen-bond donors (Lipinski definition) is 0. The molecule has 3 nitrogen and oxygen atoms in total. The van der Waals surface area contributed by atoms with E-state index in [4.69, 9.17) is 9.15 Å². The van der Waals surface area contributed by atoms with Gasteiger partial charge in [-0.1, -0.05) is 19.1 Å². The van der Waals surface area contributed by atoms with Crippen LogP contribution in [0, 0.1) is 5.82 Å². The molecule has 0 bridgehead atoms. The Labute approximate surface area is 110 Å². The van der Waals surface area contributed by atoms with Crippen molar-refractivity contribution in [2.75, 3.05) is 6.61 Å². The molecule has 0 saturated carbocycles. The van der Waals surface area contributed by atoms with Crippen molar-refractivity contribution in [1.29, 1.82) is 0 Å². The van der Waals surface area contributed by atoms with Gasteiger partial charge in [-0.05, 0) is 23.9 Å². The highest BCUT2D eigenvalue weighted by Gasteiger charge is 2.13. The molecule has 1 aromatic carbocycles. The molecule has 0 amide bonds.